The highest BCUT2D eigenvalue weighted by atomic mass is 32.2. The number of sulfonamides is 1. The summed E-state index contributed by atoms with van der Waals surface area (Å²) in [5, 5.41) is 8.86. The first-order chi connectivity index (χ1) is 9.09. The zero-order chi connectivity index (χ0) is 14.9. The number of carbonyl (C=O) groups is 1. The lowest BCUT2D eigenvalue weighted by molar-refractivity contribution is 0.0108. The topological polar surface area (TPSA) is 74.7 Å². The van der Waals surface area contributed by atoms with E-state index >= 15 is 0 Å². The van der Waals surface area contributed by atoms with Gasteiger partial charge in [0.25, 0.3) is 5.92 Å². The van der Waals surface area contributed by atoms with Crippen molar-refractivity contribution >= 4 is 27.3 Å². The predicted molar refractivity (Wildman–Crippen MR) is 66.8 cm³/mol. The van der Waals surface area contributed by atoms with Crippen LogP contribution in [0.5, 0.6) is 0 Å². The van der Waals surface area contributed by atoms with Crippen molar-refractivity contribution in [1.82, 2.24) is 4.31 Å². The first-order valence-corrected chi connectivity index (χ1v) is 8.06. The fourth-order valence-electron chi connectivity index (χ4n) is 2.49. The van der Waals surface area contributed by atoms with Gasteiger partial charge < -0.3 is 5.11 Å². The van der Waals surface area contributed by atoms with E-state index in [1.807, 2.05) is 0 Å². The second-order valence-corrected chi connectivity index (χ2v) is 8.43. The zero-order valence-electron chi connectivity index (χ0n) is 10.4. The molecular formula is C11H11F2NO4S2. The van der Waals surface area contributed by atoms with E-state index in [1.165, 1.54) is 6.92 Å². The van der Waals surface area contributed by atoms with Crippen LogP contribution in [-0.2, 0) is 10.0 Å². The van der Waals surface area contributed by atoms with Gasteiger partial charge in [-0.05, 0) is 13.0 Å². The Bertz CT molecular complexity index is 704. The Morgan fingerprint density at radius 3 is 2.40 bits per heavy atom. The van der Waals surface area contributed by atoms with Crippen molar-refractivity contribution in [3.63, 3.8) is 0 Å². The molecule has 1 N–H and O–H groups in total. The third-order valence-electron chi connectivity index (χ3n) is 3.87. The molecule has 1 spiro atoms. The summed E-state index contributed by atoms with van der Waals surface area (Å²) in [6.07, 6.45) is -0.269. The summed E-state index contributed by atoms with van der Waals surface area (Å²) in [5.41, 5.74) is -1.18. The van der Waals surface area contributed by atoms with E-state index in [1.54, 1.807) is 0 Å². The number of hydrogen-bond acceptors (Lipinski definition) is 4. The number of aryl methyl sites for hydroxylation is 1. The maximum absolute atomic E-state index is 13.1. The van der Waals surface area contributed by atoms with E-state index in [-0.39, 0.29) is 29.3 Å². The van der Waals surface area contributed by atoms with Crippen molar-refractivity contribution in [3.05, 3.63) is 15.8 Å². The average molecular weight is 323 g/mol. The molecule has 2 fully saturated rings. The number of halogens is 2. The minimum Gasteiger partial charge on any atom is -0.477 e. The van der Waals surface area contributed by atoms with Crippen molar-refractivity contribution in [1.29, 1.82) is 0 Å². The lowest BCUT2D eigenvalue weighted by Gasteiger charge is -2.38. The molecule has 20 heavy (non-hydrogen) atoms. The van der Waals surface area contributed by atoms with Crippen LogP contribution in [0.4, 0.5) is 8.78 Å². The van der Waals surface area contributed by atoms with Gasteiger partial charge in [0, 0.05) is 24.4 Å². The summed E-state index contributed by atoms with van der Waals surface area (Å²) in [4.78, 5) is 11.0. The van der Waals surface area contributed by atoms with E-state index in [2.05, 4.69) is 0 Å². The fourth-order valence-corrected chi connectivity index (χ4v) is 5.50. The minimum atomic E-state index is -3.88. The van der Waals surface area contributed by atoms with E-state index in [4.69, 9.17) is 5.11 Å². The molecule has 2 aliphatic rings. The van der Waals surface area contributed by atoms with Crippen LogP contribution in [0.25, 0.3) is 0 Å². The highest BCUT2D eigenvalue weighted by Crippen LogP contribution is 2.65. The number of nitrogens with zero attached hydrogens (tertiary/aromatic N) is 1. The Morgan fingerprint density at radius 1 is 1.45 bits per heavy atom. The molecule has 1 saturated carbocycles. The van der Waals surface area contributed by atoms with Crippen LogP contribution in [0.2, 0.25) is 0 Å². The van der Waals surface area contributed by atoms with Crippen molar-refractivity contribution in [2.45, 2.75) is 24.2 Å². The molecule has 0 radical (unpaired) electrons. The Balaban J connectivity index is 1.86. The molecule has 9 heteroatoms. The molecule has 1 aromatic heterocycles. The molecule has 0 bridgehead atoms. The van der Waals surface area contributed by atoms with Gasteiger partial charge in [-0.25, -0.2) is 22.0 Å². The first-order valence-electron chi connectivity index (χ1n) is 5.81. The summed E-state index contributed by atoms with van der Waals surface area (Å²) in [6.45, 7) is 1.12. The van der Waals surface area contributed by atoms with Crippen molar-refractivity contribution in [2.24, 2.45) is 5.41 Å². The molecule has 110 valence electrons. The molecule has 0 atom stereocenters. The highest BCUT2D eigenvalue weighted by molar-refractivity contribution is 7.89. The number of rotatable bonds is 3. The molecule has 1 aromatic rings. The van der Waals surface area contributed by atoms with Gasteiger partial charge in [-0.1, -0.05) is 0 Å². The Morgan fingerprint density at radius 2 is 2.00 bits per heavy atom. The van der Waals surface area contributed by atoms with Crippen molar-refractivity contribution < 1.29 is 27.1 Å². The summed E-state index contributed by atoms with van der Waals surface area (Å²) in [5.74, 6) is -3.97. The quantitative estimate of drug-likeness (QED) is 0.920. The Labute approximate surface area is 117 Å². The number of hydrogen-bond donors (Lipinski definition) is 1. The normalized spacial score (nSPS) is 23.6. The van der Waals surface area contributed by atoms with E-state index < -0.39 is 27.3 Å². The summed E-state index contributed by atoms with van der Waals surface area (Å²) in [6, 6.07) is 1.09. The van der Waals surface area contributed by atoms with Crippen LogP contribution in [0.1, 0.15) is 21.0 Å². The van der Waals surface area contributed by atoms with Crippen LogP contribution in [0, 0.1) is 12.3 Å². The zero-order valence-corrected chi connectivity index (χ0v) is 12.0. The molecule has 1 saturated heterocycles. The molecule has 2 heterocycles. The third-order valence-corrected chi connectivity index (χ3v) is 6.96. The van der Waals surface area contributed by atoms with E-state index in [9.17, 15) is 22.0 Å². The van der Waals surface area contributed by atoms with Gasteiger partial charge in [-0.15, -0.1) is 11.3 Å². The second-order valence-electron chi connectivity index (χ2n) is 5.27. The summed E-state index contributed by atoms with van der Waals surface area (Å²) in [7, 11) is -3.88. The fraction of sp³-hybridized carbons (Fsp3) is 0.545. The minimum absolute atomic E-state index is 0.0759. The van der Waals surface area contributed by atoms with Crippen molar-refractivity contribution in [2.75, 3.05) is 13.1 Å². The first kappa shape index (κ1) is 13.9. The number of thiophene rings is 1. The van der Waals surface area contributed by atoms with Gasteiger partial charge >= 0.3 is 5.97 Å². The van der Waals surface area contributed by atoms with Crippen LogP contribution < -0.4 is 0 Å². The van der Waals surface area contributed by atoms with E-state index in [0.29, 0.717) is 4.88 Å². The van der Waals surface area contributed by atoms with Gasteiger partial charge in [-0.2, -0.15) is 4.31 Å². The predicted octanol–water partition coefficient (Wildman–Crippen LogP) is 1.78. The van der Waals surface area contributed by atoms with Gasteiger partial charge in [0.1, 0.15) is 4.88 Å². The third kappa shape index (κ3) is 1.73. The number of alkyl halides is 2. The molecule has 0 unspecified atom stereocenters. The standard InChI is InChI=1S/C11H11F2NO4S2/c1-6-8(2-7(19-6)9(15)16)20(17,18)14-4-10(5-14)3-11(10,12)13/h2H,3-5H2,1H3,(H,15,16). The summed E-state index contributed by atoms with van der Waals surface area (Å²) < 4.78 is 51.8. The molecule has 1 aliphatic heterocycles. The maximum Gasteiger partial charge on any atom is 0.345 e. The molecule has 0 aromatic carbocycles. The molecule has 0 amide bonds. The highest BCUT2D eigenvalue weighted by Gasteiger charge is 2.77. The SMILES string of the molecule is Cc1sc(C(=O)O)cc1S(=O)(=O)N1CC2(C1)CC2(F)F. The lowest BCUT2D eigenvalue weighted by atomic mass is 10.00. The molecule has 5 nitrogen and oxygen atoms in total. The summed E-state index contributed by atoms with van der Waals surface area (Å²) >= 11 is 0.863. The van der Waals surface area contributed by atoms with Gasteiger partial charge in [0.2, 0.25) is 10.0 Å². The smallest absolute Gasteiger partial charge is 0.345 e. The maximum atomic E-state index is 13.1. The number of carboxylic acid groups (broad SMARTS) is 1. The van der Waals surface area contributed by atoms with Gasteiger partial charge in [0.05, 0.1) is 10.3 Å². The molecular weight excluding hydrogens is 312 g/mol. The average Bonchev–Trinajstić information content (AvgIpc) is 2.64. The van der Waals surface area contributed by atoms with Gasteiger partial charge in [-0.3, -0.25) is 0 Å². The number of aromatic carboxylic acids is 1. The Kier molecular flexibility index (Phi) is 2.62. The Hall–Kier alpha value is -1.06. The van der Waals surface area contributed by atoms with Crippen molar-refractivity contribution in [3.8, 4) is 0 Å². The van der Waals surface area contributed by atoms with Gasteiger partial charge in [0.15, 0.2) is 0 Å². The van der Waals surface area contributed by atoms with E-state index in [0.717, 1.165) is 21.7 Å². The lowest BCUT2D eigenvalue weighted by Crippen LogP contribution is -2.53. The van der Waals surface area contributed by atoms with Crippen LogP contribution in [-0.4, -0.2) is 42.8 Å². The monoisotopic (exact) mass is 323 g/mol. The van der Waals surface area contributed by atoms with Crippen LogP contribution >= 0.6 is 11.3 Å². The van der Waals surface area contributed by atoms with Crippen LogP contribution in [0.3, 0.4) is 0 Å². The van der Waals surface area contributed by atoms with Crippen LogP contribution in [0.15, 0.2) is 11.0 Å². The number of carboxylic acids is 1. The molecule has 1 aliphatic carbocycles. The second kappa shape index (κ2) is 3.77. The largest absolute Gasteiger partial charge is 0.477 e. The molecule has 3 rings (SSSR count).